The molecule has 1 spiro atoms. The van der Waals surface area contributed by atoms with Crippen molar-refractivity contribution in [2.24, 2.45) is 0 Å². The van der Waals surface area contributed by atoms with Crippen molar-refractivity contribution in [3.63, 3.8) is 0 Å². The molecule has 0 N–H and O–H groups in total. The van der Waals surface area contributed by atoms with E-state index in [1.807, 2.05) is 0 Å². The number of epoxide rings is 2. The van der Waals surface area contributed by atoms with E-state index in [2.05, 4.69) is 6.92 Å². The molecule has 2 heterocycles. The zero-order valence-corrected chi connectivity index (χ0v) is 11.6. The molecule has 3 nitrogen and oxygen atoms in total. The molecule has 2 aliphatic rings. The van der Waals surface area contributed by atoms with Crippen LogP contribution >= 0.6 is 0 Å². The Morgan fingerprint density at radius 1 is 1.11 bits per heavy atom. The van der Waals surface area contributed by atoms with E-state index in [4.69, 9.17) is 9.47 Å². The molecule has 0 aromatic heterocycles. The van der Waals surface area contributed by atoms with Crippen LogP contribution in [0.4, 0.5) is 0 Å². The van der Waals surface area contributed by atoms with Crippen LogP contribution in [0.2, 0.25) is 0 Å². The first-order valence-corrected chi connectivity index (χ1v) is 7.60. The number of ether oxygens (including phenoxy) is 2. The summed E-state index contributed by atoms with van der Waals surface area (Å²) in [5.41, 5.74) is 0. The molecule has 2 fully saturated rings. The van der Waals surface area contributed by atoms with Gasteiger partial charge in [-0.15, -0.1) is 0 Å². The molecule has 2 saturated heterocycles. The van der Waals surface area contributed by atoms with E-state index < -0.39 is 0 Å². The first-order chi connectivity index (χ1) is 8.77. The molecule has 0 aliphatic carbocycles. The Bertz CT molecular complexity index is 271. The normalized spacial score (nSPS) is 28.6. The van der Waals surface area contributed by atoms with E-state index in [1.54, 1.807) is 0 Å². The zero-order valence-electron chi connectivity index (χ0n) is 11.6. The Hall–Kier alpha value is -0.410. The molecule has 2 aliphatic heterocycles. The summed E-state index contributed by atoms with van der Waals surface area (Å²) < 4.78 is 10.6. The number of carbonyl (C=O) groups is 1. The molecule has 0 bridgehead atoms. The topological polar surface area (TPSA) is 42.1 Å². The molecule has 104 valence electrons. The lowest BCUT2D eigenvalue weighted by atomic mass is 10.0. The summed E-state index contributed by atoms with van der Waals surface area (Å²) in [5.74, 6) is 0.309. The van der Waals surface area contributed by atoms with Gasteiger partial charge in [0.15, 0.2) is 0 Å². The number of hydrogen-bond acceptors (Lipinski definition) is 3. The van der Waals surface area contributed by atoms with Gasteiger partial charge in [-0.25, -0.2) is 0 Å². The van der Waals surface area contributed by atoms with Crippen LogP contribution in [0.1, 0.15) is 71.1 Å². The Morgan fingerprint density at radius 2 is 1.78 bits per heavy atom. The van der Waals surface area contributed by atoms with Gasteiger partial charge in [0.25, 0.3) is 0 Å². The SMILES string of the molecule is CCCCCCCC(=O)CCCCC1OC12CO2. The molecule has 0 saturated carbocycles. The predicted octanol–water partition coefficient (Wildman–Crippen LogP) is 3.60. The fourth-order valence-corrected chi connectivity index (χ4v) is 2.51. The van der Waals surface area contributed by atoms with Crippen molar-refractivity contribution in [3.8, 4) is 0 Å². The molecule has 2 rings (SSSR count). The van der Waals surface area contributed by atoms with Crippen molar-refractivity contribution >= 4 is 5.78 Å². The molecule has 0 radical (unpaired) electrons. The predicted molar refractivity (Wildman–Crippen MR) is 70.4 cm³/mol. The van der Waals surface area contributed by atoms with E-state index in [0.29, 0.717) is 11.9 Å². The van der Waals surface area contributed by atoms with Crippen LogP contribution in [0.25, 0.3) is 0 Å². The second kappa shape index (κ2) is 6.67. The largest absolute Gasteiger partial charge is 0.340 e. The molecular weight excluding hydrogens is 228 g/mol. The van der Waals surface area contributed by atoms with Gasteiger partial charge in [-0.3, -0.25) is 4.79 Å². The number of ketones is 1. The number of Topliss-reactive ketones (excluding diaryl/α,β-unsaturated/α-hetero) is 1. The lowest BCUT2D eigenvalue weighted by molar-refractivity contribution is -0.119. The maximum absolute atomic E-state index is 11.6. The van der Waals surface area contributed by atoms with Gasteiger partial charge in [0.05, 0.1) is 0 Å². The molecule has 18 heavy (non-hydrogen) atoms. The fourth-order valence-electron chi connectivity index (χ4n) is 2.51. The minimum Gasteiger partial charge on any atom is -0.340 e. The Balaban J connectivity index is 1.36. The Kier molecular flexibility index (Phi) is 5.19. The van der Waals surface area contributed by atoms with E-state index in [-0.39, 0.29) is 5.79 Å². The van der Waals surface area contributed by atoms with Crippen LogP contribution in [0.15, 0.2) is 0 Å². The number of rotatable bonds is 11. The minimum atomic E-state index is -0.136. The maximum Gasteiger partial charge on any atom is 0.219 e. The lowest BCUT2D eigenvalue weighted by Gasteiger charge is -2.01. The molecule has 0 aromatic rings. The van der Waals surface area contributed by atoms with Crippen LogP contribution in [0.5, 0.6) is 0 Å². The van der Waals surface area contributed by atoms with Crippen LogP contribution < -0.4 is 0 Å². The highest BCUT2D eigenvalue weighted by Crippen LogP contribution is 2.50. The lowest BCUT2D eigenvalue weighted by Crippen LogP contribution is -1.99. The average molecular weight is 254 g/mol. The highest BCUT2D eigenvalue weighted by atomic mass is 16.9. The van der Waals surface area contributed by atoms with Gasteiger partial charge in [0, 0.05) is 12.8 Å². The van der Waals surface area contributed by atoms with Gasteiger partial charge in [-0.1, -0.05) is 39.0 Å². The third kappa shape index (κ3) is 4.36. The number of hydrogen-bond donors (Lipinski definition) is 0. The van der Waals surface area contributed by atoms with Crippen molar-refractivity contribution in [1.82, 2.24) is 0 Å². The maximum atomic E-state index is 11.6. The monoisotopic (exact) mass is 254 g/mol. The standard InChI is InChI=1S/C15H26O3/c1-2-3-4-5-6-9-13(16)10-7-8-11-14-15(18-14)12-17-15/h14H,2-12H2,1H3. The zero-order chi connectivity index (χ0) is 12.8. The van der Waals surface area contributed by atoms with Gasteiger partial charge in [0.1, 0.15) is 18.5 Å². The van der Waals surface area contributed by atoms with E-state index in [1.165, 1.54) is 25.7 Å². The van der Waals surface area contributed by atoms with Crippen LogP contribution in [0, 0.1) is 0 Å². The van der Waals surface area contributed by atoms with Gasteiger partial charge >= 0.3 is 0 Å². The van der Waals surface area contributed by atoms with Crippen LogP contribution in [0.3, 0.4) is 0 Å². The quantitative estimate of drug-likeness (QED) is 0.418. The molecular formula is C15H26O3. The Labute approximate surface area is 110 Å². The van der Waals surface area contributed by atoms with Crippen molar-refractivity contribution in [3.05, 3.63) is 0 Å². The summed E-state index contributed by atoms with van der Waals surface area (Å²) in [7, 11) is 0. The molecule has 2 atom stereocenters. The number of carbonyl (C=O) groups excluding carboxylic acids is 1. The van der Waals surface area contributed by atoms with E-state index in [9.17, 15) is 4.79 Å². The molecule has 0 amide bonds. The smallest absolute Gasteiger partial charge is 0.219 e. The minimum absolute atomic E-state index is 0.136. The van der Waals surface area contributed by atoms with E-state index >= 15 is 0 Å². The summed E-state index contributed by atoms with van der Waals surface area (Å²) in [5, 5.41) is 0. The van der Waals surface area contributed by atoms with Crippen LogP contribution in [-0.4, -0.2) is 24.3 Å². The van der Waals surface area contributed by atoms with Gasteiger partial charge in [0.2, 0.25) is 5.79 Å². The Morgan fingerprint density at radius 3 is 2.39 bits per heavy atom. The van der Waals surface area contributed by atoms with Crippen LogP contribution in [-0.2, 0) is 14.3 Å². The summed E-state index contributed by atoms with van der Waals surface area (Å²) in [6, 6.07) is 0. The van der Waals surface area contributed by atoms with Gasteiger partial charge in [-0.2, -0.15) is 0 Å². The second-order valence-electron chi connectivity index (χ2n) is 5.66. The summed E-state index contributed by atoms with van der Waals surface area (Å²) in [6.45, 7) is 3.00. The fraction of sp³-hybridized carbons (Fsp3) is 0.933. The van der Waals surface area contributed by atoms with E-state index in [0.717, 1.165) is 45.1 Å². The molecule has 2 unspecified atom stereocenters. The van der Waals surface area contributed by atoms with Gasteiger partial charge < -0.3 is 9.47 Å². The van der Waals surface area contributed by atoms with Crippen molar-refractivity contribution in [2.45, 2.75) is 83.0 Å². The van der Waals surface area contributed by atoms with Gasteiger partial charge in [-0.05, 0) is 19.3 Å². The van der Waals surface area contributed by atoms with Crippen molar-refractivity contribution < 1.29 is 14.3 Å². The van der Waals surface area contributed by atoms with Crippen molar-refractivity contribution in [1.29, 1.82) is 0 Å². The third-order valence-electron chi connectivity index (χ3n) is 3.94. The number of unbranched alkanes of at least 4 members (excludes halogenated alkanes) is 5. The summed E-state index contributed by atoms with van der Waals surface area (Å²) in [6.07, 6.45) is 11.2. The molecule has 3 heteroatoms. The average Bonchev–Trinajstić information content (AvgIpc) is 3.26. The third-order valence-corrected chi connectivity index (χ3v) is 3.94. The second-order valence-corrected chi connectivity index (χ2v) is 5.66. The first-order valence-electron chi connectivity index (χ1n) is 7.60. The highest BCUT2D eigenvalue weighted by molar-refractivity contribution is 5.78. The van der Waals surface area contributed by atoms with Crippen molar-refractivity contribution in [2.75, 3.05) is 6.61 Å². The molecule has 0 aromatic carbocycles. The summed E-state index contributed by atoms with van der Waals surface area (Å²) in [4.78, 5) is 11.6. The first kappa shape index (κ1) is 14.0. The summed E-state index contributed by atoms with van der Waals surface area (Å²) >= 11 is 0. The highest BCUT2D eigenvalue weighted by Gasteiger charge is 2.68.